The van der Waals surface area contributed by atoms with Gasteiger partial charge in [0.1, 0.15) is 0 Å². The summed E-state index contributed by atoms with van der Waals surface area (Å²) in [5.41, 5.74) is 4.76. The van der Waals surface area contributed by atoms with Crippen molar-refractivity contribution in [3.8, 4) is 0 Å². The molecule has 0 aromatic heterocycles. The summed E-state index contributed by atoms with van der Waals surface area (Å²) in [5.74, 6) is -0.105. The molecule has 1 rings (SSSR count). The SMILES string of the molecule is CCC(CC)(CO)NC(=O)C1(N)CCC1. The van der Waals surface area contributed by atoms with Crippen molar-refractivity contribution in [2.45, 2.75) is 57.0 Å². The van der Waals surface area contributed by atoms with Gasteiger partial charge in [0.15, 0.2) is 0 Å². The van der Waals surface area contributed by atoms with Crippen molar-refractivity contribution in [1.82, 2.24) is 5.32 Å². The fraction of sp³-hybridized carbons (Fsp3) is 0.909. The summed E-state index contributed by atoms with van der Waals surface area (Å²) in [7, 11) is 0. The Morgan fingerprint density at radius 3 is 2.27 bits per heavy atom. The van der Waals surface area contributed by atoms with E-state index in [1.54, 1.807) is 0 Å². The third kappa shape index (κ3) is 2.32. The van der Waals surface area contributed by atoms with E-state index >= 15 is 0 Å². The van der Waals surface area contributed by atoms with Crippen LogP contribution in [0.15, 0.2) is 0 Å². The van der Waals surface area contributed by atoms with E-state index in [9.17, 15) is 9.90 Å². The van der Waals surface area contributed by atoms with Gasteiger partial charge in [-0.15, -0.1) is 0 Å². The van der Waals surface area contributed by atoms with Crippen LogP contribution < -0.4 is 11.1 Å². The molecule has 0 bridgehead atoms. The van der Waals surface area contributed by atoms with Gasteiger partial charge in [0.25, 0.3) is 0 Å². The van der Waals surface area contributed by atoms with Gasteiger partial charge in [0, 0.05) is 0 Å². The Bertz CT molecular complexity index is 224. The lowest BCUT2D eigenvalue weighted by atomic mass is 9.76. The number of rotatable bonds is 5. The molecule has 4 nitrogen and oxygen atoms in total. The highest BCUT2D eigenvalue weighted by atomic mass is 16.3. The standard InChI is InChI=1S/C11H22N2O2/c1-3-10(4-2,8-14)13-9(15)11(12)6-5-7-11/h14H,3-8,12H2,1-2H3,(H,13,15). The second kappa shape index (κ2) is 4.49. The molecule has 0 heterocycles. The lowest BCUT2D eigenvalue weighted by Crippen LogP contribution is -2.64. The summed E-state index contributed by atoms with van der Waals surface area (Å²) in [5, 5.41) is 12.2. The van der Waals surface area contributed by atoms with Crippen LogP contribution in [0.3, 0.4) is 0 Å². The van der Waals surface area contributed by atoms with E-state index in [2.05, 4.69) is 5.32 Å². The van der Waals surface area contributed by atoms with Crippen molar-refractivity contribution in [3.63, 3.8) is 0 Å². The molecule has 0 aliphatic heterocycles. The third-order valence-electron chi connectivity index (χ3n) is 3.73. The van der Waals surface area contributed by atoms with Gasteiger partial charge in [-0.1, -0.05) is 13.8 Å². The van der Waals surface area contributed by atoms with Crippen LogP contribution in [-0.2, 0) is 4.79 Å². The molecule has 4 heteroatoms. The molecular formula is C11H22N2O2. The van der Waals surface area contributed by atoms with Crippen LogP contribution in [0.2, 0.25) is 0 Å². The van der Waals surface area contributed by atoms with Crippen molar-refractivity contribution in [2.75, 3.05) is 6.61 Å². The lowest BCUT2D eigenvalue weighted by Gasteiger charge is -2.40. The number of nitrogens with two attached hydrogens (primary N) is 1. The largest absolute Gasteiger partial charge is 0.394 e. The predicted molar refractivity (Wildman–Crippen MR) is 59.3 cm³/mol. The first kappa shape index (κ1) is 12.5. The van der Waals surface area contributed by atoms with E-state index in [1.807, 2.05) is 13.8 Å². The topological polar surface area (TPSA) is 75.3 Å². The predicted octanol–water partition coefficient (Wildman–Crippen LogP) is 0.535. The molecule has 1 aliphatic rings. The molecule has 1 saturated carbocycles. The van der Waals surface area contributed by atoms with Crippen molar-refractivity contribution in [3.05, 3.63) is 0 Å². The van der Waals surface area contributed by atoms with Gasteiger partial charge in [0.2, 0.25) is 5.91 Å². The first-order valence-electron chi connectivity index (χ1n) is 5.74. The highest BCUT2D eigenvalue weighted by Gasteiger charge is 2.42. The number of nitrogens with one attached hydrogen (secondary N) is 1. The number of aliphatic hydroxyl groups is 1. The van der Waals surface area contributed by atoms with E-state index < -0.39 is 11.1 Å². The summed E-state index contributed by atoms with van der Waals surface area (Å²) in [6.45, 7) is 3.90. The maximum absolute atomic E-state index is 11.9. The van der Waals surface area contributed by atoms with E-state index in [0.717, 1.165) is 32.1 Å². The second-order valence-electron chi connectivity index (χ2n) is 4.61. The number of hydrogen-bond donors (Lipinski definition) is 3. The fourth-order valence-corrected chi connectivity index (χ4v) is 1.84. The van der Waals surface area contributed by atoms with Crippen molar-refractivity contribution < 1.29 is 9.90 Å². The van der Waals surface area contributed by atoms with Crippen LogP contribution >= 0.6 is 0 Å². The van der Waals surface area contributed by atoms with Gasteiger partial charge in [-0.3, -0.25) is 4.79 Å². The van der Waals surface area contributed by atoms with Crippen LogP contribution in [0, 0.1) is 0 Å². The normalized spacial score (nSPS) is 19.5. The first-order valence-corrected chi connectivity index (χ1v) is 5.74. The summed E-state index contributed by atoms with van der Waals surface area (Å²) in [6.07, 6.45) is 3.99. The molecule has 1 amide bonds. The number of aliphatic hydroxyl groups excluding tert-OH is 1. The zero-order chi connectivity index (χ0) is 11.5. The summed E-state index contributed by atoms with van der Waals surface area (Å²) in [4.78, 5) is 11.9. The van der Waals surface area contributed by atoms with Gasteiger partial charge in [-0.05, 0) is 32.1 Å². The Hall–Kier alpha value is -0.610. The molecule has 0 spiro atoms. The van der Waals surface area contributed by atoms with Gasteiger partial charge in [-0.2, -0.15) is 0 Å². The molecule has 15 heavy (non-hydrogen) atoms. The molecule has 1 aliphatic carbocycles. The molecule has 88 valence electrons. The minimum absolute atomic E-state index is 0.0260. The maximum atomic E-state index is 11.9. The van der Waals surface area contributed by atoms with Crippen LogP contribution in [0.25, 0.3) is 0 Å². The minimum atomic E-state index is -0.676. The molecule has 0 aromatic carbocycles. The Morgan fingerprint density at radius 2 is 2.00 bits per heavy atom. The molecule has 4 N–H and O–H groups in total. The second-order valence-corrected chi connectivity index (χ2v) is 4.61. The van der Waals surface area contributed by atoms with E-state index in [-0.39, 0.29) is 12.5 Å². The summed E-state index contributed by atoms with van der Waals surface area (Å²) in [6, 6.07) is 0. The van der Waals surface area contributed by atoms with Crippen LogP contribution in [-0.4, -0.2) is 28.7 Å². The lowest BCUT2D eigenvalue weighted by molar-refractivity contribution is -0.132. The number of carbonyl (C=O) groups is 1. The van der Waals surface area contributed by atoms with E-state index in [4.69, 9.17) is 5.73 Å². The van der Waals surface area contributed by atoms with Gasteiger partial charge in [-0.25, -0.2) is 0 Å². The van der Waals surface area contributed by atoms with Gasteiger partial charge in [0.05, 0.1) is 17.7 Å². The van der Waals surface area contributed by atoms with Crippen molar-refractivity contribution in [1.29, 1.82) is 0 Å². The first-order chi connectivity index (χ1) is 7.02. The molecule has 1 fully saturated rings. The maximum Gasteiger partial charge on any atom is 0.240 e. The van der Waals surface area contributed by atoms with Crippen LogP contribution in [0.4, 0.5) is 0 Å². The molecule has 0 unspecified atom stereocenters. The van der Waals surface area contributed by atoms with Gasteiger partial charge < -0.3 is 16.2 Å². The quantitative estimate of drug-likeness (QED) is 0.625. The van der Waals surface area contributed by atoms with E-state index in [0.29, 0.717) is 0 Å². The minimum Gasteiger partial charge on any atom is -0.394 e. The average Bonchev–Trinajstić information content (AvgIpc) is 2.22. The molecular weight excluding hydrogens is 192 g/mol. The Labute approximate surface area is 91.2 Å². The van der Waals surface area contributed by atoms with Crippen LogP contribution in [0.1, 0.15) is 46.0 Å². The zero-order valence-electron chi connectivity index (χ0n) is 9.68. The monoisotopic (exact) mass is 214 g/mol. The number of hydrogen-bond acceptors (Lipinski definition) is 3. The highest BCUT2D eigenvalue weighted by molar-refractivity contribution is 5.87. The zero-order valence-corrected chi connectivity index (χ0v) is 9.68. The fourth-order valence-electron chi connectivity index (χ4n) is 1.84. The molecule has 0 aromatic rings. The molecule has 0 radical (unpaired) electrons. The molecule has 0 atom stereocenters. The highest BCUT2D eigenvalue weighted by Crippen LogP contribution is 2.30. The Kier molecular flexibility index (Phi) is 3.73. The van der Waals surface area contributed by atoms with Crippen molar-refractivity contribution >= 4 is 5.91 Å². The average molecular weight is 214 g/mol. The Morgan fingerprint density at radius 1 is 1.47 bits per heavy atom. The third-order valence-corrected chi connectivity index (χ3v) is 3.73. The van der Waals surface area contributed by atoms with Crippen molar-refractivity contribution in [2.24, 2.45) is 5.73 Å². The van der Waals surface area contributed by atoms with Crippen LogP contribution in [0.5, 0.6) is 0 Å². The Balaban J connectivity index is 2.62. The van der Waals surface area contributed by atoms with Gasteiger partial charge >= 0.3 is 0 Å². The summed E-state index contributed by atoms with van der Waals surface area (Å²) < 4.78 is 0. The number of amides is 1. The van der Waals surface area contributed by atoms with E-state index in [1.165, 1.54) is 0 Å². The molecule has 0 saturated heterocycles. The number of carbonyl (C=O) groups excluding carboxylic acids is 1. The summed E-state index contributed by atoms with van der Waals surface area (Å²) >= 11 is 0. The smallest absolute Gasteiger partial charge is 0.240 e.